The van der Waals surface area contributed by atoms with Crippen molar-refractivity contribution < 1.29 is 4.39 Å². The third kappa shape index (κ3) is 3.33. The third-order valence-corrected chi connectivity index (χ3v) is 5.02. The van der Waals surface area contributed by atoms with Crippen LogP contribution in [0, 0.1) is 5.82 Å². The van der Waals surface area contributed by atoms with Crippen LogP contribution in [-0.4, -0.2) is 5.71 Å². The highest BCUT2D eigenvalue weighted by Gasteiger charge is 2.31. The monoisotopic (exact) mass is 384 g/mol. The van der Waals surface area contributed by atoms with E-state index in [1.165, 1.54) is 12.1 Å². The Morgan fingerprint density at radius 2 is 1.69 bits per heavy atom. The molecule has 0 radical (unpaired) electrons. The molecule has 130 valence electrons. The van der Waals surface area contributed by atoms with Crippen LogP contribution in [0.25, 0.3) is 0 Å². The van der Waals surface area contributed by atoms with Crippen molar-refractivity contribution in [1.82, 2.24) is 0 Å². The molecule has 2 nitrogen and oxygen atoms in total. The quantitative estimate of drug-likeness (QED) is 0.503. The van der Waals surface area contributed by atoms with Gasteiger partial charge in [0.05, 0.1) is 17.4 Å². The van der Waals surface area contributed by atoms with Gasteiger partial charge in [-0.2, -0.15) is 5.10 Å². The molecule has 1 unspecified atom stereocenters. The number of hydrazone groups is 1. The minimum absolute atomic E-state index is 0.101. The first-order chi connectivity index (χ1) is 12.6. The molecule has 0 aliphatic carbocycles. The molecular weight excluding hydrogens is 370 g/mol. The van der Waals surface area contributed by atoms with E-state index in [4.69, 9.17) is 28.3 Å². The van der Waals surface area contributed by atoms with E-state index in [1.54, 1.807) is 6.07 Å². The summed E-state index contributed by atoms with van der Waals surface area (Å²) in [6, 6.07) is 21.6. The van der Waals surface area contributed by atoms with E-state index in [0.717, 1.165) is 16.8 Å². The van der Waals surface area contributed by atoms with Gasteiger partial charge < -0.3 is 0 Å². The van der Waals surface area contributed by atoms with Crippen molar-refractivity contribution >= 4 is 34.6 Å². The lowest BCUT2D eigenvalue weighted by atomic mass is 9.98. The number of anilines is 1. The Labute approximate surface area is 161 Å². The van der Waals surface area contributed by atoms with Gasteiger partial charge in [-0.25, -0.2) is 4.39 Å². The molecule has 3 aromatic rings. The molecule has 1 atom stereocenters. The SMILES string of the molecule is Fc1cccc(N2N=C(c3ccc(Cl)cc3)CC2c2ccccc2Cl)c1. The van der Waals surface area contributed by atoms with E-state index < -0.39 is 0 Å². The summed E-state index contributed by atoms with van der Waals surface area (Å²) in [5.74, 6) is -0.296. The molecule has 3 aromatic carbocycles. The van der Waals surface area contributed by atoms with Crippen molar-refractivity contribution in [3.05, 3.63) is 99.8 Å². The standard InChI is InChI=1S/C21H15Cl2FN2/c22-15-10-8-14(9-11-15)20-13-21(18-6-1-2-7-19(18)23)26(25-20)17-5-3-4-16(24)12-17/h1-12,21H,13H2. The summed E-state index contributed by atoms with van der Waals surface area (Å²) >= 11 is 12.4. The van der Waals surface area contributed by atoms with Crippen molar-refractivity contribution in [2.24, 2.45) is 5.10 Å². The smallest absolute Gasteiger partial charge is 0.125 e. The second-order valence-corrected chi connectivity index (χ2v) is 6.96. The third-order valence-electron chi connectivity index (χ3n) is 4.42. The molecule has 26 heavy (non-hydrogen) atoms. The molecule has 0 saturated heterocycles. The summed E-state index contributed by atoms with van der Waals surface area (Å²) in [5.41, 5.74) is 3.56. The highest BCUT2D eigenvalue weighted by molar-refractivity contribution is 6.31. The van der Waals surface area contributed by atoms with Crippen molar-refractivity contribution in [1.29, 1.82) is 0 Å². The van der Waals surface area contributed by atoms with Crippen molar-refractivity contribution in [2.75, 3.05) is 5.01 Å². The first-order valence-electron chi connectivity index (χ1n) is 8.24. The van der Waals surface area contributed by atoms with Gasteiger partial charge in [-0.1, -0.05) is 59.6 Å². The maximum atomic E-state index is 13.8. The number of hydrogen-bond acceptors (Lipinski definition) is 2. The largest absolute Gasteiger partial charge is 0.257 e. The molecule has 1 heterocycles. The molecule has 0 saturated carbocycles. The second-order valence-electron chi connectivity index (χ2n) is 6.12. The van der Waals surface area contributed by atoms with Gasteiger partial charge in [0.2, 0.25) is 0 Å². The molecule has 0 spiro atoms. The molecule has 0 fully saturated rings. The molecule has 0 amide bonds. The van der Waals surface area contributed by atoms with Crippen molar-refractivity contribution in [3.8, 4) is 0 Å². The number of hydrogen-bond donors (Lipinski definition) is 0. The molecule has 1 aliphatic rings. The molecule has 4 rings (SSSR count). The van der Waals surface area contributed by atoms with Crippen molar-refractivity contribution in [2.45, 2.75) is 12.5 Å². The molecule has 1 aliphatic heterocycles. The zero-order valence-corrected chi connectivity index (χ0v) is 15.3. The fourth-order valence-electron chi connectivity index (χ4n) is 3.17. The Balaban J connectivity index is 1.78. The van der Waals surface area contributed by atoms with Crippen LogP contribution in [0.4, 0.5) is 10.1 Å². The van der Waals surface area contributed by atoms with Gasteiger partial charge in [-0.05, 0) is 47.5 Å². The van der Waals surface area contributed by atoms with Crippen LogP contribution in [0.1, 0.15) is 23.6 Å². The Kier molecular flexibility index (Phi) is 4.66. The molecule has 5 heteroatoms. The van der Waals surface area contributed by atoms with Crippen LogP contribution in [0.15, 0.2) is 77.9 Å². The Hall–Kier alpha value is -2.36. The van der Waals surface area contributed by atoms with Gasteiger partial charge >= 0.3 is 0 Å². The first-order valence-corrected chi connectivity index (χ1v) is 9.00. The van der Waals surface area contributed by atoms with Crippen LogP contribution in [0.3, 0.4) is 0 Å². The molecule has 0 N–H and O–H groups in total. The number of halogens is 3. The summed E-state index contributed by atoms with van der Waals surface area (Å²) in [6.07, 6.45) is 0.669. The molecule has 0 bridgehead atoms. The average Bonchev–Trinajstić information content (AvgIpc) is 3.08. The van der Waals surface area contributed by atoms with Gasteiger partial charge in [0.1, 0.15) is 5.82 Å². The van der Waals surface area contributed by atoms with E-state index >= 15 is 0 Å². The maximum absolute atomic E-state index is 13.8. The maximum Gasteiger partial charge on any atom is 0.125 e. The topological polar surface area (TPSA) is 15.6 Å². The Morgan fingerprint density at radius 3 is 2.42 bits per heavy atom. The molecule has 0 aromatic heterocycles. The zero-order chi connectivity index (χ0) is 18.1. The van der Waals surface area contributed by atoms with E-state index in [0.29, 0.717) is 22.2 Å². The number of benzene rings is 3. The predicted octanol–water partition coefficient (Wildman–Crippen LogP) is 6.49. The predicted molar refractivity (Wildman–Crippen MR) is 106 cm³/mol. The van der Waals surface area contributed by atoms with E-state index in [2.05, 4.69) is 0 Å². The number of nitrogens with zero attached hydrogens (tertiary/aromatic N) is 2. The summed E-state index contributed by atoms with van der Waals surface area (Å²) in [7, 11) is 0. The van der Waals surface area contributed by atoms with E-state index in [9.17, 15) is 4.39 Å². The van der Waals surface area contributed by atoms with Gasteiger partial charge in [-0.3, -0.25) is 5.01 Å². The minimum Gasteiger partial charge on any atom is -0.257 e. The summed E-state index contributed by atoms with van der Waals surface area (Å²) in [6.45, 7) is 0. The first kappa shape index (κ1) is 17.1. The number of rotatable bonds is 3. The highest BCUT2D eigenvalue weighted by Crippen LogP contribution is 2.39. The van der Waals surface area contributed by atoms with E-state index in [-0.39, 0.29) is 11.9 Å². The lowest BCUT2D eigenvalue weighted by Gasteiger charge is -2.24. The van der Waals surface area contributed by atoms with Crippen LogP contribution in [-0.2, 0) is 0 Å². The van der Waals surface area contributed by atoms with Crippen LogP contribution in [0.5, 0.6) is 0 Å². The van der Waals surface area contributed by atoms with Crippen LogP contribution >= 0.6 is 23.2 Å². The normalized spacial score (nSPS) is 16.7. The van der Waals surface area contributed by atoms with Crippen LogP contribution < -0.4 is 5.01 Å². The molecular formula is C21H15Cl2FN2. The van der Waals surface area contributed by atoms with Gasteiger partial charge in [-0.15, -0.1) is 0 Å². The summed E-state index contributed by atoms with van der Waals surface area (Å²) < 4.78 is 13.8. The fourth-order valence-corrected chi connectivity index (χ4v) is 3.56. The van der Waals surface area contributed by atoms with Gasteiger partial charge in [0.15, 0.2) is 0 Å². The fraction of sp³-hybridized carbons (Fsp3) is 0.0952. The summed E-state index contributed by atoms with van der Waals surface area (Å²) in [5, 5.41) is 7.97. The highest BCUT2D eigenvalue weighted by atomic mass is 35.5. The lowest BCUT2D eigenvalue weighted by Crippen LogP contribution is -2.19. The van der Waals surface area contributed by atoms with Crippen LogP contribution in [0.2, 0.25) is 10.0 Å². The van der Waals surface area contributed by atoms with E-state index in [1.807, 2.05) is 59.6 Å². The minimum atomic E-state index is -0.296. The second kappa shape index (κ2) is 7.10. The van der Waals surface area contributed by atoms with Gasteiger partial charge in [0.25, 0.3) is 0 Å². The summed E-state index contributed by atoms with van der Waals surface area (Å²) in [4.78, 5) is 0. The Morgan fingerprint density at radius 1 is 0.923 bits per heavy atom. The lowest BCUT2D eigenvalue weighted by molar-refractivity contribution is 0.624. The van der Waals surface area contributed by atoms with Gasteiger partial charge in [0, 0.05) is 16.5 Å². The Bertz CT molecular complexity index is 970. The van der Waals surface area contributed by atoms with Crippen molar-refractivity contribution in [3.63, 3.8) is 0 Å². The zero-order valence-electron chi connectivity index (χ0n) is 13.7. The average molecular weight is 385 g/mol.